The number of allylic oxidation sites excluding steroid dienone is 1. The molecule has 0 radical (unpaired) electrons. The van der Waals surface area contributed by atoms with Gasteiger partial charge < -0.3 is 0 Å². The van der Waals surface area contributed by atoms with Crippen molar-refractivity contribution in [2.75, 3.05) is 0 Å². The van der Waals surface area contributed by atoms with E-state index in [2.05, 4.69) is 4.98 Å². The first-order chi connectivity index (χ1) is 5.38. The fourth-order valence-electron chi connectivity index (χ4n) is 0.657. The van der Waals surface area contributed by atoms with Crippen molar-refractivity contribution in [2.45, 2.75) is 0 Å². The van der Waals surface area contributed by atoms with Crippen LogP contribution in [0.1, 0.15) is 5.56 Å². The summed E-state index contributed by atoms with van der Waals surface area (Å²) >= 11 is 0. The minimum Gasteiger partial charge on any atom is -0.264 e. The zero-order valence-electron chi connectivity index (χ0n) is 5.61. The summed E-state index contributed by atoms with van der Waals surface area (Å²) in [6.07, 6.45) is 3.02. The van der Waals surface area contributed by atoms with Crippen LogP contribution in [-0.4, -0.2) is 10.9 Å². The zero-order chi connectivity index (χ0) is 8.10. The second kappa shape index (κ2) is 3.31. The maximum Gasteiger partial charge on any atom is 0.144 e. The normalized spacial score (nSPS) is 7.91. The molecule has 1 rings (SSSR count). The van der Waals surface area contributed by atoms with Crippen molar-refractivity contribution in [3.63, 3.8) is 0 Å². The zero-order valence-corrected chi connectivity index (χ0v) is 5.61. The van der Waals surface area contributed by atoms with Crippen LogP contribution in [0.25, 0.3) is 5.57 Å². The van der Waals surface area contributed by atoms with E-state index in [0.29, 0.717) is 5.56 Å². The molecule has 0 atom stereocenters. The maximum absolute atomic E-state index is 10.1. The van der Waals surface area contributed by atoms with Crippen LogP contribution >= 0.6 is 0 Å². The van der Waals surface area contributed by atoms with Crippen LogP contribution in [0.4, 0.5) is 0 Å². The van der Waals surface area contributed by atoms with Gasteiger partial charge in [-0.3, -0.25) is 4.98 Å². The molecule has 0 aliphatic heterocycles. The van der Waals surface area contributed by atoms with Gasteiger partial charge in [-0.15, -0.1) is 0 Å². The first-order valence-electron chi connectivity index (χ1n) is 2.94. The summed E-state index contributed by atoms with van der Waals surface area (Å²) in [5, 5.41) is 8.40. The molecule has 0 aliphatic rings. The minimum absolute atomic E-state index is 0.0156. The highest BCUT2D eigenvalue weighted by Gasteiger charge is 1.98. The van der Waals surface area contributed by atoms with Crippen LogP contribution in [0, 0.1) is 11.3 Å². The Labute approximate surface area is 63.6 Å². The quantitative estimate of drug-likeness (QED) is 0.433. The summed E-state index contributed by atoms with van der Waals surface area (Å²) in [7, 11) is 0. The average molecular weight is 144 g/mol. The molecule has 3 nitrogen and oxygen atoms in total. The Kier molecular flexibility index (Phi) is 2.16. The Morgan fingerprint density at radius 1 is 1.64 bits per heavy atom. The van der Waals surface area contributed by atoms with Gasteiger partial charge in [0, 0.05) is 18.0 Å². The number of hydrogen-bond acceptors (Lipinski definition) is 3. The SMILES string of the molecule is N#CC(=C=O)c1cccnc1. The van der Waals surface area contributed by atoms with Gasteiger partial charge in [-0.2, -0.15) is 5.26 Å². The molecule has 52 valence electrons. The largest absolute Gasteiger partial charge is 0.264 e. The highest BCUT2D eigenvalue weighted by Crippen LogP contribution is 2.06. The van der Waals surface area contributed by atoms with E-state index >= 15 is 0 Å². The molecular weight excluding hydrogens is 140 g/mol. The Bertz CT molecular complexity index is 331. The summed E-state index contributed by atoms with van der Waals surface area (Å²) in [6, 6.07) is 5.01. The van der Waals surface area contributed by atoms with Gasteiger partial charge >= 0.3 is 0 Å². The standard InChI is InChI=1S/C8H4N2O/c9-4-8(6-11)7-2-1-3-10-5-7/h1-3,5H. The Morgan fingerprint density at radius 3 is 2.91 bits per heavy atom. The van der Waals surface area contributed by atoms with Gasteiger partial charge in [0.25, 0.3) is 0 Å². The molecule has 0 saturated heterocycles. The molecule has 1 heterocycles. The Morgan fingerprint density at radius 2 is 2.45 bits per heavy atom. The Balaban J connectivity index is 3.15. The lowest BCUT2D eigenvalue weighted by molar-refractivity contribution is 0.569. The van der Waals surface area contributed by atoms with Gasteiger partial charge in [-0.1, -0.05) is 0 Å². The molecule has 0 spiro atoms. The highest BCUT2D eigenvalue weighted by molar-refractivity contribution is 5.95. The predicted molar refractivity (Wildman–Crippen MR) is 39.0 cm³/mol. The molecule has 0 aromatic carbocycles. The second-order valence-corrected chi connectivity index (χ2v) is 1.83. The van der Waals surface area contributed by atoms with E-state index in [1.54, 1.807) is 24.4 Å². The molecule has 11 heavy (non-hydrogen) atoms. The molecule has 0 aliphatic carbocycles. The van der Waals surface area contributed by atoms with Gasteiger partial charge in [-0.05, 0) is 12.1 Å². The molecule has 0 amide bonds. The maximum atomic E-state index is 10.1. The lowest BCUT2D eigenvalue weighted by atomic mass is 10.1. The molecule has 3 heteroatoms. The van der Waals surface area contributed by atoms with Crippen molar-refractivity contribution in [3.05, 3.63) is 30.1 Å². The number of carbonyl (C=O) groups excluding carboxylic acids is 1. The van der Waals surface area contributed by atoms with Crippen LogP contribution in [-0.2, 0) is 4.79 Å². The highest BCUT2D eigenvalue weighted by atomic mass is 16.1. The van der Waals surface area contributed by atoms with E-state index in [0.717, 1.165) is 0 Å². The molecule has 1 aromatic heterocycles. The van der Waals surface area contributed by atoms with E-state index in [9.17, 15) is 4.79 Å². The van der Waals surface area contributed by atoms with Crippen molar-refractivity contribution in [2.24, 2.45) is 0 Å². The van der Waals surface area contributed by atoms with Crippen LogP contribution < -0.4 is 0 Å². The average Bonchev–Trinajstić information content (AvgIpc) is 2.09. The molecule has 0 bridgehead atoms. The predicted octanol–water partition coefficient (Wildman–Crippen LogP) is 0.820. The molecule has 0 fully saturated rings. The van der Waals surface area contributed by atoms with Gasteiger partial charge in [-0.25, -0.2) is 4.79 Å². The monoisotopic (exact) mass is 144 g/mol. The summed E-state index contributed by atoms with van der Waals surface area (Å²) in [5.41, 5.74) is 0.489. The van der Waals surface area contributed by atoms with Crippen LogP contribution in [0.3, 0.4) is 0 Å². The first-order valence-corrected chi connectivity index (χ1v) is 2.94. The summed E-state index contributed by atoms with van der Waals surface area (Å²) in [4.78, 5) is 13.9. The van der Waals surface area contributed by atoms with E-state index in [1.165, 1.54) is 12.1 Å². The van der Waals surface area contributed by atoms with Gasteiger partial charge in [0.05, 0.1) is 0 Å². The van der Waals surface area contributed by atoms with Crippen molar-refractivity contribution < 1.29 is 4.79 Å². The van der Waals surface area contributed by atoms with Crippen molar-refractivity contribution in [1.29, 1.82) is 5.26 Å². The van der Waals surface area contributed by atoms with E-state index in [-0.39, 0.29) is 5.57 Å². The number of rotatable bonds is 1. The third-order valence-corrected chi connectivity index (χ3v) is 1.16. The first kappa shape index (κ1) is 7.20. The number of hydrogen-bond donors (Lipinski definition) is 0. The van der Waals surface area contributed by atoms with Crippen LogP contribution in [0.5, 0.6) is 0 Å². The van der Waals surface area contributed by atoms with Crippen LogP contribution in [0.15, 0.2) is 24.5 Å². The number of aromatic nitrogens is 1. The Hall–Kier alpha value is -1.91. The number of nitriles is 1. The molecule has 0 N–H and O–H groups in total. The topological polar surface area (TPSA) is 53.8 Å². The lowest BCUT2D eigenvalue weighted by Gasteiger charge is -1.89. The third kappa shape index (κ3) is 1.51. The van der Waals surface area contributed by atoms with E-state index in [1.807, 2.05) is 0 Å². The van der Waals surface area contributed by atoms with Gasteiger partial charge in [0.2, 0.25) is 0 Å². The summed E-state index contributed by atoms with van der Waals surface area (Å²) in [6.45, 7) is 0. The van der Waals surface area contributed by atoms with Crippen LogP contribution in [0.2, 0.25) is 0 Å². The lowest BCUT2D eigenvalue weighted by Crippen LogP contribution is -1.81. The molecule has 0 unspecified atom stereocenters. The van der Waals surface area contributed by atoms with Crippen molar-refractivity contribution in [3.8, 4) is 6.07 Å². The van der Waals surface area contributed by atoms with E-state index < -0.39 is 0 Å². The molecule has 0 saturated carbocycles. The molecular formula is C8H4N2O. The smallest absolute Gasteiger partial charge is 0.144 e. The number of pyridine rings is 1. The number of nitrogens with zero attached hydrogens (tertiary/aromatic N) is 2. The molecule has 1 aromatic rings. The van der Waals surface area contributed by atoms with Crippen molar-refractivity contribution in [1.82, 2.24) is 4.98 Å². The summed E-state index contributed by atoms with van der Waals surface area (Å²) < 4.78 is 0. The van der Waals surface area contributed by atoms with Gasteiger partial charge in [0.1, 0.15) is 17.6 Å². The van der Waals surface area contributed by atoms with E-state index in [4.69, 9.17) is 5.26 Å². The van der Waals surface area contributed by atoms with Crippen molar-refractivity contribution >= 4 is 11.5 Å². The minimum atomic E-state index is -0.0156. The van der Waals surface area contributed by atoms with Gasteiger partial charge in [0.15, 0.2) is 0 Å². The third-order valence-electron chi connectivity index (χ3n) is 1.16. The second-order valence-electron chi connectivity index (χ2n) is 1.83. The fraction of sp³-hybridized carbons (Fsp3) is 0. The fourth-order valence-corrected chi connectivity index (χ4v) is 0.657. The summed E-state index contributed by atoms with van der Waals surface area (Å²) in [5.74, 6) is 1.53.